The number of likely N-dealkylation sites (tertiary alicyclic amines) is 1. The second-order valence-corrected chi connectivity index (χ2v) is 7.20. The van der Waals surface area contributed by atoms with Crippen molar-refractivity contribution < 1.29 is 24.5 Å². The Morgan fingerprint density at radius 3 is 2.21 bits per heavy atom. The molecule has 0 unspecified atom stereocenters. The van der Waals surface area contributed by atoms with Gasteiger partial charge in [-0.3, -0.25) is 0 Å². The van der Waals surface area contributed by atoms with Gasteiger partial charge in [-0.2, -0.15) is 0 Å². The molecule has 2 aliphatic rings. The Morgan fingerprint density at radius 2 is 1.57 bits per heavy atom. The number of fused-ring (bicyclic) bond motifs is 5. The van der Waals surface area contributed by atoms with E-state index in [0.29, 0.717) is 24.0 Å². The SMILES string of the molecule is CN1C[C@@H]2c3cc(Cl)ccc3Oc3ccccc3[C@@H]2C1.O=C(O)/C=C/C(=O)O. The number of hydrogen-bond acceptors (Lipinski definition) is 4. The number of benzene rings is 2. The molecule has 0 spiro atoms. The van der Waals surface area contributed by atoms with Crippen LogP contribution in [0.2, 0.25) is 5.02 Å². The molecule has 2 atom stereocenters. The Balaban J connectivity index is 0.000000242. The molecule has 0 aromatic heterocycles. The molecule has 1 fully saturated rings. The third-order valence-electron chi connectivity index (χ3n) is 4.78. The molecule has 28 heavy (non-hydrogen) atoms. The molecule has 2 aliphatic heterocycles. The van der Waals surface area contributed by atoms with E-state index in [4.69, 9.17) is 26.6 Å². The van der Waals surface area contributed by atoms with Crippen LogP contribution in [0.5, 0.6) is 11.5 Å². The Labute approximate surface area is 167 Å². The summed E-state index contributed by atoms with van der Waals surface area (Å²) >= 11 is 6.20. The summed E-state index contributed by atoms with van der Waals surface area (Å²) in [4.78, 5) is 21.5. The predicted molar refractivity (Wildman–Crippen MR) is 105 cm³/mol. The highest BCUT2D eigenvalue weighted by molar-refractivity contribution is 6.30. The van der Waals surface area contributed by atoms with E-state index in [0.717, 1.165) is 29.6 Å². The lowest BCUT2D eigenvalue weighted by atomic mass is 9.84. The van der Waals surface area contributed by atoms with Gasteiger partial charge in [0.25, 0.3) is 0 Å². The number of aliphatic carboxylic acids is 2. The molecule has 2 heterocycles. The molecule has 1 saturated heterocycles. The summed E-state index contributed by atoms with van der Waals surface area (Å²) in [5.74, 6) is 0.358. The van der Waals surface area contributed by atoms with Crippen molar-refractivity contribution in [3.05, 3.63) is 70.8 Å². The maximum atomic E-state index is 9.55. The van der Waals surface area contributed by atoms with Crippen molar-refractivity contribution in [1.82, 2.24) is 4.90 Å². The highest BCUT2D eigenvalue weighted by Crippen LogP contribution is 2.49. The van der Waals surface area contributed by atoms with E-state index in [9.17, 15) is 9.59 Å². The van der Waals surface area contributed by atoms with E-state index in [1.54, 1.807) is 0 Å². The highest BCUT2D eigenvalue weighted by atomic mass is 35.5. The van der Waals surface area contributed by atoms with Crippen LogP contribution in [0.4, 0.5) is 0 Å². The van der Waals surface area contributed by atoms with Gasteiger partial charge in [0.2, 0.25) is 0 Å². The van der Waals surface area contributed by atoms with E-state index >= 15 is 0 Å². The van der Waals surface area contributed by atoms with Gasteiger partial charge in [-0.15, -0.1) is 0 Å². The van der Waals surface area contributed by atoms with E-state index in [1.165, 1.54) is 11.1 Å². The molecule has 6 nitrogen and oxygen atoms in total. The van der Waals surface area contributed by atoms with Crippen molar-refractivity contribution >= 4 is 23.5 Å². The number of hydrogen-bond donors (Lipinski definition) is 2. The molecule has 2 aromatic rings. The summed E-state index contributed by atoms with van der Waals surface area (Å²) in [5, 5.41) is 16.4. The fourth-order valence-corrected chi connectivity index (χ4v) is 3.85. The van der Waals surface area contributed by atoms with Gasteiger partial charge >= 0.3 is 11.9 Å². The van der Waals surface area contributed by atoms with Crippen molar-refractivity contribution in [3.63, 3.8) is 0 Å². The number of ether oxygens (including phenoxy) is 1. The summed E-state index contributed by atoms with van der Waals surface area (Å²) in [6.45, 7) is 2.12. The van der Waals surface area contributed by atoms with Gasteiger partial charge in [-0.1, -0.05) is 29.8 Å². The molecule has 2 N–H and O–H groups in total. The first kappa shape index (κ1) is 19.9. The van der Waals surface area contributed by atoms with Gasteiger partial charge in [0, 0.05) is 47.7 Å². The Kier molecular flexibility index (Phi) is 6.02. The first-order chi connectivity index (χ1) is 13.3. The molecule has 2 aromatic carbocycles. The number of nitrogens with zero attached hydrogens (tertiary/aromatic N) is 1. The van der Waals surface area contributed by atoms with E-state index in [2.05, 4.69) is 36.2 Å². The van der Waals surface area contributed by atoms with Crippen LogP contribution in [-0.4, -0.2) is 47.2 Å². The van der Waals surface area contributed by atoms with E-state index < -0.39 is 11.9 Å². The number of carboxylic acids is 2. The average Bonchev–Trinajstić information content (AvgIpc) is 2.98. The third-order valence-corrected chi connectivity index (χ3v) is 5.02. The number of para-hydroxylation sites is 1. The lowest BCUT2D eigenvalue weighted by Gasteiger charge is -2.17. The molecule has 0 bridgehead atoms. The molecule has 0 amide bonds. The zero-order chi connectivity index (χ0) is 20.3. The third kappa shape index (κ3) is 4.52. The number of likely N-dealkylation sites (N-methyl/N-ethyl adjacent to an activating group) is 1. The predicted octanol–water partition coefficient (Wildman–Crippen LogP) is 3.97. The fraction of sp³-hybridized carbons (Fsp3) is 0.238. The van der Waals surface area contributed by atoms with E-state index in [-0.39, 0.29) is 0 Å². The topological polar surface area (TPSA) is 87.1 Å². The first-order valence-electron chi connectivity index (χ1n) is 8.74. The summed E-state index contributed by atoms with van der Waals surface area (Å²) in [6.07, 6.45) is 1.12. The van der Waals surface area contributed by atoms with Crippen LogP contribution in [0, 0.1) is 0 Å². The second-order valence-electron chi connectivity index (χ2n) is 6.77. The zero-order valence-electron chi connectivity index (χ0n) is 15.2. The number of carboxylic acid groups (broad SMARTS) is 2. The molecular weight excluding hydrogens is 382 g/mol. The average molecular weight is 402 g/mol. The van der Waals surface area contributed by atoms with Gasteiger partial charge < -0.3 is 19.8 Å². The summed E-state index contributed by atoms with van der Waals surface area (Å²) in [7, 11) is 2.18. The number of rotatable bonds is 2. The zero-order valence-corrected chi connectivity index (χ0v) is 16.0. The van der Waals surface area contributed by atoms with Crippen LogP contribution in [0.15, 0.2) is 54.6 Å². The van der Waals surface area contributed by atoms with Crippen molar-refractivity contribution in [2.24, 2.45) is 0 Å². The molecule has 7 heteroatoms. The minimum atomic E-state index is -1.26. The molecule has 0 aliphatic carbocycles. The lowest BCUT2D eigenvalue weighted by Crippen LogP contribution is -2.14. The quantitative estimate of drug-likeness (QED) is 0.740. The van der Waals surface area contributed by atoms with Crippen LogP contribution in [0.1, 0.15) is 23.0 Å². The minimum absolute atomic E-state index is 0.456. The molecular formula is C21H20ClNO5. The molecule has 146 valence electrons. The molecule has 0 radical (unpaired) electrons. The molecule has 0 saturated carbocycles. The molecule has 4 rings (SSSR count). The van der Waals surface area contributed by atoms with Gasteiger partial charge in [-0.25, -0.2) is 9.59 Å². The van der Waals surface area contributed by atoms with E-state index in [1.807, 2.05) is 18.2 Å². The van der Waals surface area contributed by atoms with Gasteiger partial charge in [0.05, 0.1) is 0 Å². The number of halogens is 1. The van der Waals surface area contributed by atoms with Gasteiger partial charge in [-0.05, 0) is 36.9 Å². The maximum Gasteiger partial charge on any atom is 0.328 e. The second kappa shape index (κ2) is 8.46. The van der Waals surface area contributed by atoms with Crippen LogP contribution in [0.3, 0.4) is 0 Å². The minimum Gasteiger partial charge on any atom is -0.478 e. The largest absolute Gasteiger partial charge is 0.478 e. The monoisotopic (exact) mass is 401 g/mol. The Morgan fingerprint density at radius 1 is 1.00 bits per heavy atom. The Hall–Kier alpha value is -2.83. The maximum absolute atomic E-state index is 9.55. The lowest BCUT2D eigenvalue weighted by molar-refractivity contribution is -0.134. The summed E-state index contributed by atoms with van der Waals surface area (Å²) < 4.78 is 6.15. The van der Waals surface area contributed by atoms with Crippen molar-refractivity contribution in [2.75, 3.05) is 20.1 Å². The van der Waals surface area contributed by atoms with Crippen LogP contribution in [0.25, 0.3) is 0 Å². The van der Waals surface area contributed by atoms with Crippen LogP contribution >= 0.6 is 11.6 Å². The highest BCUT2D eigenvalue weighted by Gasteiger charge is 2.38. The smallest absolute Gasteiger partial charge is 0.328 e. The van der Waals surface area contributed by atoms with Gasteiger partial charge in [0.1, 0.15) is 11.5 Å². The number of carbonyl (C=O) groups is 2. The van der Waals surface area contributed by atoms with Crippen molar-refractivity contribution in [1.29, 1.82) is 0 Å². The normalized spacial score (nSPS) is 20.1. The van der Waals surface area contributed by atoms with Crippen molar-refractivity contribution in [3.8, 4) is 11.5 Å². The fourth-order valence-electron chi connectivity index (χ4n) is 3.67. The summed E-state index contributed by atoms with van der Waals surface area (Å²) in [6, 6.07) is 14.4. The van der Waals surface area contributed by atoms with Gasteiger partial charge in [0.15, 0.2) is 0 Å². The van der Waals surface area contributed by atoms with Crippen LogP contribution in [-0.2, 0) is 9.59 Å². The van der Waals surface area contributed by atoms with Crippen molar-refractivity contribution in [2.45, 2.75) is 11.8 Å². The Bertz CT molecular complexity index is 911. The van der Waals surface area contributed by atoms with Crippen LogP contribution < -0.4 is 4.74 Å². The standard InChI is InChI=1S/C17H16ClNO.C4H4O4/c1-19-9-14-12-4-2-3-5-16(12)20-17-7-6-11(18)8-13(17)15(14)10-19;5-3(6)1-2-4(7)8/h2-8,14-15H,9-10H2,1H3;1-2H,(H,5,6)(H,7,8)/b;2-1+/t14-,15+;/m0./s1. The summed E-state index contributed by atoms with van der Waals surface area (Å²) in [5.41, 5.74) is 2.55. The first-order valence-corrected chi connectivity index (χ1v) is 9.11.